The molecule has 50 heavy (non-hydrogen) atoms. The summed E-state index contributed by atoms with van der Waals surface area (Å²) in [5.74, 6) is 1.80. The molecule has 0 unspecified atom stereocenters. The fourth-order valence-corrected chi connectivity index (χ4v) is 9.67. The van der Waals surface area contributed by atoms with Crippen LogP contribution < -0.4 is 4.74 Å². The predicted molar refractivity (Wildman–Crippen MR) is 205 cm³/mol. The van der Waals surface area contributed by atoms with Gasteiger partial charge in [-0.05, 0) is 86.7 Å². The highest BCUT2D eigenvalue weighted by Crippen LogP contribution is 2.58. The summed E-state index contributed by atoms with van der Waals surface area (Å²) in [5.41, 5.74) is 15.3. The van der Waals surface area contributed by atoms with Crippen molar-refractivity contribution in [2.75, 3.05) is 0 Å². The zero-order valence-electron chi connectivity index (χ0n) is 28.1. The zero-order chi connectivity index (χ0) is 33.1. The lowest BCUT2D eigenvalue weighted by Gasteiger charge is -2.41. The minimum Gasteiger partial charge on any atom is -0.457 e. The van der Waals surface area contributed by atoms with Crippen molar-refractivity contribution in [1.29, 1.82) is 0 Å². The van der Waals surface area contributed by atoms with E-state index < -0.39 is 5.41 Å². The standard InChI is InChI=1S/C49H38O/c1-4-15-37(16-5-1)49(38-17-6-2-7-18-38)42-22-10-11-24-45(42)50-46-30-29-36(33-44(46)49)34-25-27-35(28-26-34)39-20-14-23-43-47(39)40-19-8-9-21-41(40)48(43)31-12-3-13-32-48/h1-2,4-11,14-30,33H,3,12-13,31-32H2. The number of para-hydroxylation sites is 1. The summed E-state index contributed by atoms with van der Waals surface area (Å²) in [4.78, 5) is 0. The Balaban J connectivity index is 1.11. The molecule has 0 radical (unpaired) electrons. The molecule has 240 valence electrons. The van der Waals surface area contributed by atoms with E-state index in [1.807, 2.05) is 0 Å². The Kier molecular flexibility index (Phi) is 6.71. The quantitative estimate of drug-likeness (QED) is 0.186. The molecule has 2 aliphatic carbocycles. The van der Waals surface area contributed by atoms with Gasteiger partial charge in [0.1, 0.15) is 11.5 Å². The van der Waals surface area contributed by atoms with Crippen LogP contribution in [0.5, 0.6) is 11.5 Å². The molecular formula is C49H38O. The third-order valence-corrected chi connectivity index (χ3v) is 11.8. The predicted octanol–water partition coefficient (Wildman–Crippen LogP) is 12.7. The summed E-state index contributed by atoms with van der Waals surface area (Å²) < 4.78 is 6.66. The van der Waals surface area contributed by atoms with Gasteiger partial charge in [-0.3, -0.25) is 0 Å². The second-order valence-corrected chi connectivity index (χ2v) is 14.3. The van der Waals surface area contributed by atoms with Gasteiger partial charge in [-0.15, -0.1) is 0 Å². The summed E-state index contributed by atoms with van der Waals surface area (Å²) in [5, 5.41) is 0. The van der Waals surface area contributed by atoms with Gasteiger partial charge >= 0.3 is 0 Å². The first-order chi connectivity index (χ1) is 24.8. The molecular weight excluding hydrogens is 605 g/mol. The first-order valence-corrected chi connectivity index (χ1v) is 18.1. The molecule has 1 heterocycles. The summed E-state index contributed by atoms with van der Waals surface area (Å²) in [6, 6.07) is 62.6. The maximum Gasteiger partial charge on any atom is 0.132 e. The topological polar surface area (TPSA) is 9.23 Å². The maximum atomic E-state index is 6.66. The minimum atomic E-state index is -0.532. The Morgan fingerprint density at radius 3 is 1.68 bits per heavy atom. The van der Waals surface area contributed by atoms with E-state index in [-0.39, 0.29) is 5.41 Å². The number of hydrogen-bond donors (Lipinski definition) is 0. The molecule has 1 heteroatoms. The van der Waals surface area contributed by atoms with E-state index in [1.54, 1.807) is 0 Å². The molecule has 1 saturated carbocycles. The van der Waals surface area contributed by atoms with E-state index >= 15 is 0 Å². The van der Waals surface area contributed by atoms with Crippen molar-refractivity contribution in [1.82, 2.24) is 0 Å². The Morgan fingerprint density at radius 2 is 0.940 bits per heavy atom. The van der Waals surface area contributed by atoms with Crippen molar-refractivity contribution in [2.24, 2.45) is 0 Å². The van der Waals surface area contributed by atoms with Gasteiger partial charge in [-0.1, -0.05) is 171 Å². The van der Waals surface area contributed by atoms with Crippen LogP contribution in [-0.4, -0.2) is 0 Å². The smallest absolute Gasteiger partial charge is 0.132 e. The fourth-order valence-electron chi connectivity index (χ4n) is 9.67. The summed E-state index contributed by atoms with van der Waals surface area (Å²) >= 11 is 0. The molecule has 7 aromatic rings. The Morgan fingerprint density at radius 1 is 0.380 bits per heavy atom. The van der Waals surface area contributed by atoms with Crippen LogP contribution in [0.3, 0.4) is 0 Å². The highest BCUT2D eigenvalue weighted by Gasteiger charge is 2.46. The molecule has 7 aromatic carbocycles. The highest BCUT2D eigenvalue weighted by atomic mass is 16.5. The number of hydrogen-bond acceptors (Lipinski definition) is 1. The van der Waals surface area contributed by atoms with E-state index in [4.69, 9.17) is 4.74 Å². The van der Waals surface area contributed by atoms with E-state index in [0.29, 0.717) is 0 Å². The van der Waals surface area contributed by atoms with Crippen LogP contribution in [-0.2, 0) is 10.8 Å². The van der Waals surface area contributed by atoms with E-state index in [2.05, 4.69) is 170 Å². The Bertz CT molecular complexity index is 2320. The molecule has 0 atom stereocenters. The number of benzene rings is 7. The molecule has 3 aliphatic rings. The first kappa shape index (κ1) is 29.3. The average Bonchev–Trinajstić information content (AvgIpc) is 3.46. The van der Waals surface area contributed by atoms with Gasteiger partial charge in [0.05, 0.1) is 5.41 Å². The first-order valence-electron chi connectivity index (χ1n) is 18.1. The lowest BCUT2D eigenvalue weighted by atomic mass is 9.63. The molecule has 1 spiro atoms. The maximum absolute atomic E-state index is 6.66. The van der Waals surface area contributed by atoms with Gasteiger partial charge < -0.3 is 4.74 Å². The molecule has 0 saturated heterocycles. The molecule has 0 N–H and O–H groups in total. The largest absolute Gasteiger partial charge is 0.457 e. The minimum absolute atomic E-state index is 0.161. The number of rotatable bonds is 4. The van der Waals surface area contributed by atoms with Crippen molar-refractivity contribution < 1.29 is 4.74 Å². The van der Waals surface area contributed by atoms with Crippen LogP contribution in [0.4, 0.5) is 0 Å². The monoisotopic (exact) mass is 642 g/mol. The molecule has 0 bridgehead atoms. The Labute approximate surface area is 294 Å². The van der Waals surface area contributed by atoms with Crippen LogP contribution in [0.25, 0.3) is 33.4 Å². The van der Waals surface area contributed by atoms with Gasteiger partial charge in [0.15, 0.2) is 0 Å². The van der Waals surface area contributed by atoms with Gasteiger partial charge in [0, 0.05) is 16.5 Å². The molecule has 10 rings (SSSR count). The van der Waals surface area contributed by atoms with Crippen molar-refractivity contribution >= 4 is 0 Å². The molecule has 1 fully saturated rings. The van der Waals surface area contributed by atoms with Crippen LogP contribution in [0, 0.1) is 0 Å². The number of fused-ring (bicyclic) bond motifs is 7. The van der Waals surface area contributed by atoms with E-state index in [0.717, 1.165) is 22.6 Å². The van der Waals surface area contributed by atoms with Crippen molar-refractivity contribution in [2.45, 2.75) is 42.9 Å². The SMILES string of the molecule is c1ccc(C2(c3ccccc3)c3ccccc3Oc3ccc(-c4ccc(-c5cccc6c5-c5ccccc5C65CCCCC5)cc4)cc32)cc1. The third kappa shape index (κ3) is 4.19. The molecule has 1 aliphatic heterocycles. The van der Waals surface area contributed by atoms with Crippen LogP contribution in [0.1, 0.15) is 65.5 Å². The third-order valence-electron chi connectivity index (χ3n) is 11.8. The molecule has 0 aromatic heterocycles. The van der Waals surface area contributed by atoms with Gasteiger partial charge in [0.25, 0.3) is 0 Å². The fraction of sp³-hybridized carbons (Fsp3) is 0.143. The lowest BCUT2D eigenvalue weighted by Crippen LogP contribution is -2.34. The average molecular weight is 643 g/mol. The normalized spacial score (nSPS) is 16.1. The van der Waals surface area contributed by atoms with E-state index in [9.17, 15) is 0 Å². The Hall–Kier alpha value is -5.66. The highest BCUT2D eigenvalue weighted by molar-refractivity contribution is 5.93. The van der Waals surface area contributed by atoms with Gasteiger partial charge in [-0.25, -0.2) is 0 Å². The van der Waals surface area contributed by atoms with Crippen molar-refractivity contribution in [3.8, 4) is 44.9 Å². The van der Waals surface area contributed by atoms with E-state index in [1.165, 1.54) is 87.7 Å². The summed E-state index contributed by atoms with van der Waals surface area (Å²) in [6.07, 6.45) is 6.46. The summed E-state index contributed by atoms with van der Waals surface area (Å²) in [6.45, 7) is 0. The second kappa shape index (κ2) is 11.5. The van der Waals surface area contributed by atoms with Crippen LogP contribution in [0.2, 0.25) is 0 Å². The van der Waals surface area contributed by atoms with Gasteiger partial charge in [0.2, 0.25) is 0 Å². The van der Waals surface area contributed by atoms with Crippen LogP contribution in [0.15, 0.2) is 170 Å². The second-order valence-electron chi connectivity index (χ2n) is 14.3. The molecule has 0 amide bonds. The number of ether oxygens (including phenoxy) is 1. The zero-order valence-corrected chi connectivity index (χ0v) is 28.1. The van der Waals surface area contributed by atoms with Crippen molar-refractivity contribution in [3.05, 3.63) is 203 Å². The van der Waals surface area contributed by atoms with Crippen molar-refractivity contribution in [3.63, 3.8) is 0 Å². The summed E-state index contributed by atoms with van der Waals surface area (Å²) in [7, 11) is 0. The van der Waals surface area contributed by atoms with Gasteiger partial charge in [-0.2, -0.15) is 0 Å². The molecule has 1 nitrogen and oxygen atoms in total. The lowest BCUT2D eigenvalue weighted by molar-refractivity contribution is 0.353. The van der Waals surface area contributed by atoms with Crippen LogP contribution >= 0.6 is 0 Å².